The van der Waals surface area contributed by atoms with Crippen molar-refractivity contribution in [1.29, 1.82) is 0 Å². The number of sulfonamides is 1. The van der Waals surface area contributed by atoms with Crippen LogP contribution in [0.2, 0.25) is 0 Å². The lowest BCUT2D eigenvalue weighted by Crippen LogP contribution is -2.35. The molecule has 2 saturated carbocycles. The molecule has 0 spiro atoms. The van der Waals surface area contributed by atoms with Gasteiger partial charge in [0.15, 0.2) is 9.84 Å². The Hall–Kier alpha value is -1.45. The average molecular weight is 427 g/mol. The molecule has 3 fully saturated rings. The first-order chi connectivity index (χ1) is 13.2. The molecular formula is C19H26N2O5S2. The largest absolute Gasteiger partial charge is 0.326 e. The molecule has 3 aliphatic rings. The summed E-state index contributed by atoms with van der Waals surface area (Å²) in [6.07, 6.45) is 5.78. The summed E-state index contributed by atoms with van der Waals surface area (Å²) in [7, 11) is -6.95. The summed E-state index contributed by atoms with van der Waals surface area (Å²) < 4.78 is 50.3. The quantitative estimate of drug-likeness (QED) is 0.722. The Kier molecular flexibility index (Phi) is 5.26. The molecule has 2 aliphatic carbocycles. The number of hydrogen-bond acceptors (Lipinski definition) is 5. The summed E-state index contributed by atoms with van der Waals surface area (Å²) in [5, 5.41) is 2.86. The maximum absolute atomic E-state index is 12.4. The van der Waals surface area contributed by atoms with Crippen LogP contribution < -0.4 is 10.0 Å². The minimum atomic E-state index is -3.79. The van der Waals surface area contributed by atoms with E-state index in [9.17, 15) is 21.6 Å². The van der Waals surface area contributed by atoms with Gasteiger partial charge in [0.1, 0.15) is 0 Å². The molecule has 154 valence electrons. The summed E-state index contributed by atoms with van der Waals surface area (Å²) in [6.45, 7) is 0. The van der Waals surface area contributed by atoms with E-state index in [-0.39, 0.29) is 22.3 Å². The number of nitrogens with one attached hydrogen (secondary N) is 2. The predicted molar refractivity (Wildman–Crippen MR) is 106 cm³/mol. The Bertz CT molecular complexity index is 957. The van der Waals surface area contributed by atoms with Gasteiger partial charge in [0.05, 0.1) is 16.4 Å². The number of benzene rings is 1. The number of anilines is 1. The second-order valence-corrected chi connectivity index (χ2v) is 12.4. The van der Waals surface area contributed by atoms with Crippen LogP contribution in [0.15, 0.2) is 29.2 Å². The standard InChI is InChI=1S/C19H26N2O5S2/c22-19(11-15-10-13-1-2-14(15)9-13)20-16-3-5-18(6-4-16)28(25,26)21-17-7-8-27(23,24)12-17/h3-6,13-15,17,21H,1-2,7-12H2,(H,20,22). The van der Waals surface area contributed by atoms with Crippen LogP contribution in [0, 0.1) is 17.8 Å². The van der Waals surface area contributed by atoms with Crippen molar-refractivity contribution in [1.82, 2.24) is 4.72 Å². The van der Waals surface area contributed by atoms with Gasteiger partial charge in [-0.05, 0) is 67.7 Å². The van der Waals surface area contributed by atoms with Crippen LogP contribution in [0.4, 0.5) is 5.69 Å². The highest BCUT2D eigenvalue weighted by molar-refractivity contribution is 7.92. The van der Waals surface area contributed by atoms with Crippen LogP contribution in [0.1, 0.15) is 38.5 Å². The fourth-order valence-electron chi connectivity index (χ4n) is 4.97. The number of carbonyl (C=O) groups excluding carboxylic acids is 1. The van der Waals surface area contributed by atoms with E-state index in [0.29, 0.717) is 30.4 Å². The number of rotatable bonds is 6. The first-order valence-electron chi connectivity index (χ1n) is 9.83. The first kappa shape index (κ1) is 19.8. The molecule has 0 aromatic heterocycles. The number of carbonyl (C=O) groups is 1. The zero-order valence-corrected chi connectivity index (χ0v) is 17.3. The Morgan fingerprint density at radius 2 is 1.82 bits per heavy atom. The summed E-state index contributed by atoms with van der Waals surface area (Å²) in [6, 6.07) is 5.41. The zero-order chi connectivity index (χ0) is 19.9. The highest BCUT2D eigenvalue weighted by atomic mass is 32.2. The van der Waals surface area contributed by atoms with Crippen molar-refractivity contribution < 1.29 is 21.6 Å². The smallest absolute Gasteiger partial charge is 0.240 e. The fraction of sp³-hybridized carbons (Fsp3) is 0.632. The SMILES string of the molecule is O=C(CC1CC2CCC1C2)Nc1ccc(S(=O)(=O)NC2CCS(=O)(=O)C2)cc1. The van der Waals surface area contributed by atoms with E-state index in [4.69, 9.17) is 0 Å². The molecule has 1 heterocycles. The number of fused-ring (bicyclic) bond motifs is 2. The van der Waals surface area contributed by atoms with Gasteiger partial charge in [-0.2, -0.15) is 0 Å². The maximum atomic E-state index is 12.4. The summed E-state index contributed by atoms with van der Waals surface area (Å²) in [5.74, 6) is 1.79. The Balaban J connectivity index is 1.33. The van der Waals surface area contributed by atoms with E-state index < -0.39 is 25.9 Å². The van der Waals surface area contributed by atoms with Crippen molar-refractivity contribution in [2.75, 3.05) is 16.8 Å². The van der Waals surface area contributed by atoms with Crippen LogP contribution in [0.25, 0.3) is 0 Å². The van der Waals surface area contributed by atoms with Gasteiger partial charge < -0.3 is 5.32 Å². The van der Waals surface area contributed by atoms with Crippen molar-refractivity contribution in [3.8, 4) is 0 Å². The highest BCUT2D eigenvalue weighted by Gasteiger charge is 2.40. The summed E-state index contributed by atoms with van der Waals surface area (Å²) in [5.41, 5.74) is 0.565. The van der Waals surface area contributed by atoms with E-state index in [1.165, 1.54) is 31.4 Å². The van der Waals surface area contributed by atoms with E-state index in [0.717, 1.165) is 12.3 Å². The van der Waals surface area contributed by atoms with Crippen LogP contribution in [-0.4, -0.2) is 40.3 Å². The van der Waals surface area contributed by atoms with Crippen molar-refractivity contribution in [2.45, 2.75) is 49.5 Å². The average Bonchev–Trinajstić information content (AvgIpc) is 3.30. The first-order valence-corrected chi connectivity index (χ1v) is 13.1. The monoisotopic (exact) mass is 426 g/mol. The molecule has 4 atom stereocenters. The lowest BCUT2D eigenvalue weighted by molar-refractivity contribution is -0.117. The molecule has 1 aromatic rings. The van der Waals surface area contributed by atoms with Gasteiger partial charge in [0.25, 0.3) is 0 Å². The predicted octanol–water partition coefficient (Wildman–Crippen LogP) is 1.92. The molecular weight excluding hydrogens is 400 g/mol. The lowest BCUT2D eigenvalue weighted by Gasteiger charge is -2.20. The number of sulfone groups is 1. The van der Waals surface area contributed by atoms with Gasteiger partial charge in [-0.15, -0.1) is 0 Å². The molecule has 1 saturated heterocycles. The van der Waals surface area contributed by atoms with Gasteiger partial charge in [0, 0.05) is 18.2 Å². The van der Waals surface area contributed by atoms with Gasteiger partial charge in [-0.25, -0.2) is 21.6 Å². The van der Waals surface area contributed by atoms with E-state index >= 15 is 0 Å². The third-order valence-corrected chi connectivity index (χ3v) is 9.64. The lowest BCUT2D eigenvalue weighted by atomic mass is 9.86. The zero-order valence-electron chi connectivity index (χ0n) is 15.6. The van der Waals surface area contributed by atoms with Crippen molar-refractivity contribution in [2.24, 2.45) is 17.8 Å². The van der Waals surface area contributed by atoms with Crippen LogP contribution in [0.3, 0.4) is 0 Å². The second-order valence-electron chi connectivity index (χ2n) is 8.43. The van der Waals surface area contributed by atoms with Crippen LogP contribution in [0.5, 0.6) is 0 Å². The Morgan fingerprint density at radius 1 is 1.07 bits per heavy atom. The maximum Gasteiger partial charge on any atom is 0.240 e. The molecule has 2 bridgehead atoms. The third-order valence-electron chi connectivity index (χ3n) is 6.33. The Labute approximate surface area is 166 Å². The molecule has 2 N–H and O–H groups in total. The molecule has 9 heteroatoms. The van der Waals surface area contributed by atoms with Gasteiger partial charge in [0.2, 0.25) is 15.9 Å². The topological polar surface area (TPSA) is 109 Å². The minimum absolute atomic E-state index is 0.00769. The highest BCUT2D eigenvalue weighted by Crippen LogP contribution is 2.49. The number of hydrogen-bond donors (Lipinski definition) is 2. The van der Waals surface area contributed by atoms with Gasteiger partial charge in [-0.3, -0.25) is 4.79 Å². The summed E-state index contributed by atoms with van der Waals surface area (Å²) >= 11 is 0. The molecule has 1 aliphatic heterocycles. The van der Waals surface area contributed by atoms with Crippen LogP contribution in [-0.2, 0) is 24.7 Å². The Morgan fingerprint density at radius 3 is 2.39 bits per heavy atom. The van der Waals surface area contributed by atoms with E-state index in [1.54, 1.807) is 12.1 Å². The van der Waals surface area contributed by atoms with Crippen LogP contribution >= 0.6 is 0 Å². The molecule has 1 aromatic carbocycles. The van der Waals surface area contributed by atoms with Gasteiger partial charge in [-0.1, -0.05) is 6.42 Å². The van der Waals surface area contributed by atoms with E-state index in [2.05, 4.69) is 10.0 Å². The third kappa shape index (κ3) is 4.41. The van der Waals surface area contributed by atoms with Crippen molar-refractivity contribution in [3.63, 3.8) is 0 Å². The summed E-state index contributed by atoms with van der Waals surface area (Å²) in [4.78, 5) is 12.4. The van der Waals surface area contributed by atoms with Crippen molar-refractivity contribution >= 4 is 31.5 Å². The molecule has 0 radical (unpaired) electrons. The van der Waals surface area contributed by atoms with E-state index in [1.807, 2.05) is 0 Å². The molecule has 7 nitrogen and oxygen atoms in total. The van der Waals surface area contributed by atoms with Gasteiger partial charge >= 0.3 is 0 Å². The fourth-order valence-corrected chi connectivity index (χ4v) is 8.02. The minimum Gasteiger partial charge on any atom is -0.326 e. The van der Waals surface area contributed by atoms with Crippen molar-refractivity contribution in [3.05, 3.63) is 24.3 Å². The number of amides is 1. The normalized spacial score (nSPS) is 31.1. The molecule has 4 rings (SSSR count). The molecule has 4 unspecified atom stereocenters. The molecule has 28 heavy (non-hydrogen) atoms. The second kappa shape index (κ2) is 7.42. The molecule has 1 amide bonds.